The summed E-state index contributed by atoms with van der Waals surface area (Å²) < 4.78 is 27.7. The van der Waals surface area contributed by atoms with Gasteiger partial charge in [0.05, 0.1) is 23.2 Å². The number of hydrogen-bond donors (Lipinski definition) is 0. The number of pyridine rings is 1. The molecule has 2 aromatic rings. The second kappa shape index (κ2) is 7.86. The number of carbonyl (C=O) groups excluding carboxylic acids is 1. The minimum Gasteiger partial charge on any atom is -0.312 e. The lowest BCUT2D eigenvalue weighted by molar-refractivity contribution is -0.116. The Morgan fingerprint density at radius 3 is 2.81 bits per heavy atom. The third-order valence-electron chi connectivity index (χ3n) is 4.51. The first-order valence-corrected chi connectivity index (χ1v) is 10.1. The van der Waals surface area contributed by atoms with Crippen LogP contribution in [0.5, 0.6) is 0 Å². The van der Waals surface area contributed by atoms with Gasteiger partial charge in [0, 0.05) is 38.3 Å². The molecule has 0 saturated carbocycles. The predicted molar refractivity (Wildman–Crippen MR) is 100 cm³/mol. The lowest BCUT2D eigenvalue weighted by Gasteiger charge is -2.22. The van der Waals surface area contributed by atoms with Gasteiger partial charge in [0.25, 0.3) is 0 Å². The van der Waals surface area contributed by atoms with Crippen molar-refractivity contribution in [1.82, 2.24) is 9.29 Å². The highest BCUT2D eigenvalue weighted by molar-refractivity contribution is 7.89. The quantitative estimate of drug-likeness (QED) is 0.760. The van der Waals surface area contributed by atoms with E-state index < -0.39 is 10.0 Å². The maximum absolute atomic E-state index is 13.2. The first-order valence-electron chi connectivity index (χ1n) is 8.61. The predicted octanol–water partition coefficient (Wildman–Crippen LogP) is 2.10. The Morgan fingerprint density at radius 1 is 1.33 bits per heavy atom. The van der Waals surface area contributed by atoms with Gasteiger partial charge in [-0.05, 0) is 36.2 Å². The number of nitriles is 1. The van der Waals surface area contributed by atoms with Crippen molar-refractivity contribution in [3.05, 3.63) is 53.9 Å². The van der Waals surface area contributed by atoms with Gasteiger partial charge in [-0.2, -0.15) is 9.57 Å². The smallest absolute Gasteiger partial charge is 0.243 e. The van der Waals surface area contributed by atoms with Crippen molar-refractivity contribution in [3.8, 4) is 6.07 Å². The van der Waals surface area contributed by atoms with Crippen molar-refractivity contribution in [2.24, 2.45) is 0 Å². The minimum atomic E-state index is -3.84. The van der Waals surface area contributed by atoms with E-state index in [1.165, 1.54) is 11.2 Å². The van der Waals surface area contributed by atoms with Crippen LogP contribution in [-0.4, -0.2) is 36.7 Å². The zero-order valence-corrected chi connectivity index (χ0v) is 15.8. The van der Waals surface area contributed by atoms with Crippen LogP contribution in [0.1, 0.15) is 24.6 Å². The van der Waals surface area contributed by atoms with Crippen LogP contribution in [0.3, 0.4) is 0 Å². The first kappa shape index (κ1) is 19.0. The molecule has 0 bridgehead atoms. The largest absolute Gasteiger partial charge is 0.312 e. The monoisotopic (exact) mass is 384 g/mol. The van der Waals surface area contributed by atoms with E-state index in [0.29, 0.717) is 24.3 Å². The van der Waals surface area contributed by atoms with Gasteiger partial charge in [-0.25, -0.2) is 8.42 Å². The van der Waals surface area contributed by atoms with Crippen molar-refractivity contribution >= 4 is 21.6 Å². The summed E-state index contributed by atoms with van der Waals surface area (Å²) in [6.07, 6.45) is 2.39. The zero-order chi connectivity index (χ0) is 19.4. The van der Waals surface area contributed by atoms with Crippen molar-refractivity contribution < 1.29 is 13.2 Å². The van der Waals surface area contributed by atoms with Crippen molar-refractivity contribution in [2.75, 3.05) is 18.0 Å². The molecule has 8 heteroatoms. The Balaban J connectivity index is 1.96. The Morgan fingerprint density at radius 2 is 2.15 bits per heavy atom. The minimum absolute atomic E-state index is 0.0723. The number of anilines is 1. The molecular formula is C19H20N4O3S. The molecule has 0 aliphatic carbocycles. The van der Waals surface area contributed by atoms with Crippen molar-refractivity contribution in [3.63, 3.8) is 0 Å². The summed E-state index contributed by atoms with van der Waals surface area (Å²) in [4.78, 5) is 17.7. The average Bonchev–Trinajstić information content (AvgIpc) is 3.09. The molecule has 0 atom stereocenters. The molecule has 1 aromatic carbocycles. The summed E-state index contributed by atoms with van der Waals surface area (Å²) in [7, 11) is -3.84. The Kier molecular flexibility index (Phi) is 5.54. The van der Waals surface area contributed by atoms with Gasteiger partial charge in [0.15, 0.2) is 0 Å². The van der Waals surface area contributed by atoms with Crippen LogP contribution < -0.4 is 4.90 Å². The molecule has 27 heavy (non-hydrogen) atoms. The number of aromatic nitrogens is 1. The Bertz CT molecular complexity index is 984. The maximum Gasteiger partial charge on any atom is 0.243 e. The lowest BCUT2D eigenvalue weighted by atomic mass is 10.2. The zero-order valence-electron chi connectivity index (χ0n) is 15.0. The molecule has 0 N–H and O–H groups in total. The topological polar surface area (TPSA) is 94.4 Å². The van der Waals surface area contributed by atoms with Gasteiger partial charge < -0.3 is 4.90 Å². The fourth-order valence-electron chi connectivity index (χ4n) is 3.13. The fraction of sp³-hybridized carbons (Fsp3) is 0.316. The summed E-state index contributed by atoms with van der Waals surface area (Å²) in [5.74, 6) is -0.113. The summed E-state index contributed by atoms with van der Waals surface area (Å²) in [5.41, 5.74) is 2.20. The van der Waals surface area contributed by atoms with Crippen LogP contribution in [0.15, 0.2) is 47.5 Å². The van der Waals surface area contributed by atoms with Crippen LogP contribution in [0.2, 0.25) is 0 Å². The highest BCUT2D eigenvalue weighted by atomic mass is 32.2. The van der Waals surface area contributed by atoms with Gasteiger partial charge in [0.2, 0.25) is 15.9 Å². The van der Waals surface area contributed by atoms with E-state index in [9.17, 15) is 13.2 Å². The molecule has 1 aromatic heterocycles. The molecule has 1 aliphatic heterocycles. The number of rotatable bonds is 6. The lowest BCUT2D eigenvalue weighted by Crippen LogP contribution is -2.32. The molecule has 140 valence electrons. The number of amides is 1. The van der Waals surface area contributed by atoms with Gasteiger partial charge in [0.1, 0.15) is 0 Å². The molecule has 1 aliphatic rings. The molecule has 3 rings (SSSR count). The molecule has 0 unspecified atom stereocenters. The van der Waals surface area contributed by atoms with Crippen molar-refractivity contribution in [2.45, 2.75) is 31.2 Å². The number of nitrogens with zero attached hydrogens (tertiary/aromatic N) is 4. The highest BCUT2D eigenvalue weighted by Gasteiger charge is 2.29. The van der Waals surface area contributed by atoms with Gasteiger partial charge in [-0.3, -0.25) is 9.78 Å². The normalized spacial score (nSPS) is 13.4. The molecule has 2 heterocycles. The van der Waals surface area contributed by atoms with Crippen molar-refractivity contribution in [1.29, 1.82) is 5.26 Å². The number of hydrogen-bond acceptors (Lipinski definition) is 5. The molecule has 7 nitrogen and oxygen atoms in total. The molecule has 1 amide bonds. The third kappa shape index (κ3) is 3.99. The van der Waals surface area contributed by atoms with Gasteiger partial charge in [-0.1, -0.05) is 12.1 Å². The Hall–Kier alpha value is -2.76. The number of carbonyl (C=O) groups is 1. The van der Waals surface area contributed by atoms with E-state index in [4.69, 9.17) is 5.26 Å². The highest BCUT2D eigenvalue weighted by Crippen LogP contribution is 2.31. The summed E-state index contributed by atoms with van der Waals surface area (Å²) in [6, 6.07) is 12.2. The standard InChI is InChI=1S/C19H20N4O3S/c1-15(24)23-12-8-16-6-7-18(13-19(16)23)27(25,26)22(11-4-9-20)14-17-5-2-3-10-21-17/h2-3,5-7,10,13H,4,8,11-12,14H2,1H3. The fourth-order valence-corrected chi connectivity index (χ4v) is 4.56. The van der Waals surface area contributed by atoms with Crippen LogP contribution in [0, 0.1) is 11.3 Å². The summed E-state index contributed by atoms with van der Waals surface area (Å²) in [5, 5.41) is 8.91. The van der Waals surface area contributed by atoms with E-state index in [1.54, 1.807) is 47.5 Å². The summed E-state index contributed by atoms with van der Waals surface area (Å²) >= 11 is 0. The molecule has 0 saturated heterocycles. The van der Waals surface area contributed by atoms with E-state index in [0.717, 1.165) is 5.56 Å². The molecule has 0 radical (unpaired) electrons. The SMILES string of the molecule is CC(=O)N1CCc2ccc(S(=O)(=O)N(CCC#N)Cc3ccccn3)cc21. The van der Waals surface area contributed by atoms with Crippen LogP contribution in [0.4, 0.5) is 5.69 Å². The van der Waals surface area contributed by atoms with Gasteiger partial charge >= 0.3 is 0 Å². The number of sulfonamides is 1. The average molecular weight is 384 g/mol. The molecule has 0 spiro atoms. The second-order valence-electron chi connectivity index (χ2n) is 6.28. The van der Waals surface area contributed by atoms with Gasteiger partial charge in [-0.15, -0.1) is 0 Å². The first-order chi connectivity index (χ1) is 12.9. The molecular weight excluding hydrogens is 364 g/mol. The van der Waals surface area contributed by atoms with E-state index >= 15 is 0 Å². The van der Waals surface area contributed by atoms with E-state index in [-0.39, 0.29) is 30.3 Å². The van der Waals surface area contributed by atoms with Crippen LogP contribution in [0.25, 0.3) is 0 Å². The van der Waals surface area contributed by atoms with E-state index in [1.807, 2.05) is 6.07 Å². The van der Waals surface area contributed by atoms with Crippen LogP contribution in [-0.2, 0) is 27.8 Å². The summed E-state index contributed by atoms with van der Waals surface area (Å²) in [6.45, 7) is 2.18. The number of benzene rings is 1. The Labute approximate surface area is 158 Å². The molecule has 0 fully saturated rings. The second-order valence-corrected chi connectivity index (χ2v) is 8.22. The van der Waals surface area contributed by atoms with Crippen LogP contribution >= 0.6 is 0 Å². The number of fused-ring (bicyclic) bond motifs is 1. The third-order valence-corrected chi connectivity index (χ3v) is 6.35. The maximum atomic E-state index is 13.2. The van der Waals surface area contributed by atoms with E-state index in [2.05, 4.69) is 4.98 Å².